The summed E-state index contributed by atoms with van der Waals surface area (Å²) in [5, 5.41) is 0. The number of benzene rings is 5. The van der Waals surface area contributed by atoms with Gasteiger partial charge in [0.1, 0.15) is 11.5 Å². The van der Waals surface area contributed by atoms with Crippen molar-refractivity contribution in [2.45, 2.75) is 16.7 Å². The summed E-state index contributed by atoms with van der Waals surface area (Å²) in [7, 11) is 0. The lowest BCUT2D eigenvalue weighted by atomic mass is 10.0. The first-order valence-corrected chi connectivity index (χ1v) is 14.1. The molecule has 40 heavy (non-hydrogen) atoms. The van der Waals surface area contributed by atoms with Crippen LogP contribution in [-0.2, 0) is 0 Å². The summed E-state index contributed by atoms with van der Waals surface area (Å²) in [5.41, 5.74) is 8.04. The molecule has 0 radical (unpaired) electrons. The highest BCUT2D eigenvalue weighted by molar-refractivity contribution is 7.99. The van der Waals surface area contributed by atoms with E-state index in [0.717, 1.165) is 43.9 Å². The summed E-state index contributed by atoms with van der Waals surface area (Å²) >= 11 is 1.77. The van der Waals surface area contributed by atoms with Gasteiger partial charge in [-0.25, -0.2) is 0 Å². The third-order valence-corrected chi connectivity index (χ3v) is 8.05. The van der Waals surface area contributed by atoms with Crippen molar-refractivity contribution >= 4 is 23.1 Å². The van der Waals surface area contributed by atoms with Crippen LogP contribution >= 0.6 is 11.8 Å². The van der Waals surface area contributed by atoms with Gasteiger partial charge in [0, 0.05) is 17.1 Å². The minimum absolute atomic E-state index is 0.901. The average Bonchev–Trinajstić information content (AvgIpc) is 3.01. The maximum absolute atomic E-state index is 6.23. The molecule has 0 spiro atoms. The number of nitrogens with zero attached hydrogens (tertiary/aromatic N) is 1. The average molecular weight is 536 g/mol. The van der Waals surface area contributed by atoms with Gasteiger partial charge in [-0.1, -0.05) is 115 Å². The normalized spacial score (nSPS) is 12.4. The molecule has 0 amide bonds. The van der Waals surface area contributed by atoms with Crippen LogP contribution in [0.3, 0.4) is 0 Å². The first-order chi connectivity index (χ1) is 19.7. The van der Waals surface area contributed by atoms with Gasteiger partial charge in [-0.05, 0) is 77.7 Å². The molecule has 1 heterocycles. The molecule has 0 atom stereocenters. The molecular formula is C37H29NOS. The van der Waals surface area contributed by atoms with Crippen molar-refractivity contribution in [2.24, 2.45) is 0 Å². The lowest BCUT2D eigenvalue weighted by Crippen LogP contribution is -2.14. The van der Waals surface area contributed by atoms with Crippen LogP contribution in [0.15, 0.2) is 168 Å². The SMILES string of the molecule is C=C/C=C\C=C(/C)N(c1ccc(-c2ccccc2)cc1)c1ccc(-c2cccc3c2Sc2ccccc2O3)cc1. The van der Waals surface area contributed by atoms with Crippen molar-refractivity contribution < 1.29 is 4.74 Å². The Bertz CT molecular complexity index is 1700. The van der Waals surface area contributed by atoms with Crippen molar-refractivity contribution in [3.05, 3.63) is 158 Å². The van der Waals surface area contributed by atoms with Gasteiger partial charge in [-0.2, -0.15) is 0 Å². The van der Waals surface area contributed by atoms with Crippen LogP contribution in [0.2, 0.25) is 0 Å². The second-order valence-electron chi connectivity index (χ2n) is 9.51. The maximum atomic E-state index is 6.23. The molecular weight excluding hydrogens is 506 g/mol. The van der Waals surface area contributed by atoms with Crippen molar-refractivity contribution in [3.8, 4) is 33.8 Å². The van der Waals surface area contributed by atoms with E-state index in [1.54, 1.807) is 17.8 Å². The smallest absolute Gasteiger partial charge is 0.142 e. The maximum Gasteiger partial charge on any atom is 0.142 e. The van der Waals surface area contributed by atoms with Gasteiger partial charge in [-0.3, -0.25) is 0 Å². The van der Waals surface area contributed by atoms with Gasteiger partial charge in [0.05, 0.1) is 9.79 Å². The number of para-hydroxylation sites is 1. The van der Waals surface area contributed by atoms with Gasteiger partial charge in [0.15, 0.2) is 0 Å². The zero-order valence-electron chi connectivity index (χ0n) is 22.3. The number of hydrogen-bond acceptors (Lipinski definition) is 3. The highest BCUT2D eigenvalue weighted by Crippen LogP contribution is 2.50. The van der Waals surface area contributed by atoms with Crippen molar-refractivity contribution in [3.63, 3.8) is 0 Å². The molecule has 5 aromatic carbocycles. The Morgan fingerprint density at radius 2 is 1.27 bits per heavy atom. The van der Waals surface area contributed by atoms with Crippen LogP contribution in [0.1, 0.15) is 6.92 Å². The molecule has 0 bridgehead atoms. The molecule has 0 saturated heterocycles. The fourth-order valence-electron chi connectivity index (χ4n) is 4.90. The van der Waals surface area contributed by atoms with Gasteiger partial charge in [-0.15, -0.1) is 0 Å². The van der Waals surface area contributed by atoms with E-state index < -0.39 is 0 Å². The summed E-state index contributed by atoms with van der Waals surface area (Å²) in [6.45, 7) is 5.93. The molecule has 0 unspecified atom stereocenters. The monoisotopic (exact) mass is 535 g/mol. The van der Waals surface area contributed by atoms with E-state index in [1.807, 2.05) is 36.4 Å². The van der Waals surface area contributed by atoms with E-state index >= 15 is 0 Å². The van der Waals surface area contributed by atoms with Crippen molar-refractivity contribution in [2.75, 3.05) is 4.90 Å². The number of allylic oxidation sites excluding steroid dienone is 5. The van der Waals surface area contributed by atoms with Crippen LogP contribution in [0.5, 0.6) is 11.5 Å². The molecule has 0 saturated carbocycles. The van der Waals surface area contributed by atoms with Crippen LogP contribution in [0, 0.1) is 0 Å². The molecule has 2 nitrogen and oxygen atoms in total. The quantitative estimate of drug-likeness (QED) is 0.189. The molecule has 194 valence electrons. The van der Waals surface area contributed by atoms with Crippen LogP contribution < -0.4 is 9.64 Å². The van der Waals surface area contributed by atoms with E-state index in [9.17, 15) is 0 Å². The van der Waals surface area contributed by atoms with E-state index in [2.05, 4.69) is 122 Å². The van der Waals surface area contributed by atoms with Gasteiger partial charge in [0.25, 0.3) is 0 Å². The number of hydrogen-bond donors (Lipinski definition) is 0. The number of ether oxygens (including phenoxy) is 1. The molecule has 0 N–H and O–H groups in total. The summed E-state index contributed by atoms with van der Waals surface area (Å²) < 4.78 is 6.23. The third kappa shape index (κ3) is 5.25. The Kier molecular flexibility index (Phi) is 7.39. The third-order valence-electron chi connectivity index (χ3n) is 6.87. The first-order valence-electron chi connectivity index (χ1n) is 13.3. The second kappa shape index (κ2) is 11.6. The molecule has 6 rings (SSSR count). The van der Waals surface area contributed by atoms with Crippen molar-refractivity contribution in [1.29, 1.82) is 0 Å². The molecule has 0 fully saturated rings. The molecule has 0 aromatic heterocycles. The van der Waals surface area contributed by atoms with Crippen LogP contribution in [0.25, 0.3) is 22.3 Å². The predicted octanol–water partition coefficient (Wildman–Crippen LogP) is 11.1. The Morgan fingerprint density at radius 3 is 2.00 bits per heavy atom. The zero-order chi connectivity index (χ0) is 27.3. The summed E-state index contributed by atoms with van der Waals surface area (Å²) in [6, 6.07) is 42.5. The van der Waals surface area contributed by atoms with E-state index in [0.29, 0.717) is 0 Å². The number of anilines is 2. The summed E-state index contributed by atoms with van der Waals surface area (Å²) in [5.74, 6) is 1.81. The van der Waals surface area contributed by atoms with Gasteiger partial charge < -0.3 is 9.64 Å². The highest BCUT2D eigenvalue weighted by atomic mass is 32.2. The van der Waals surface area contributed by atoms with Crippen LogP contribution in [0.4, 0.5) is 11.4 Å². The topological polar surface area (TPSA) is 12.5 Å². The molecule has 0 aliphatic carbocycles. The lowest BCUT2D eigenvalue weighted by molar-refractivity contribution is 0.455. The van der Waals surface area contributed by atoms with E-state index in [1.165, 1.54) is 16.7 Å². The predicted molar refractivity (Wildman–Crippen MR) is 170 cm³/mol. The molecule has 5 aromatic rings. The Labute approximate surface area is 240 Å². The van der Waals surface area contributed by atoms with Gasteiger partial charge >= 0.3 is 0 Å². The fourth-order valence-corrected chi connectivity index (χ4v) is 5.99. The minimum atomic E-state index is 0.901. The molecule has 3 heteroatoms. The minimum Gasteiger partial charge on any atom is -0.455 e. The van der Waals surface area contributed by atoms with E-state index in [-0.39, 0.29) is 0 Å². The Balaban J connectivity index is 1.34. The number of fused-ring (bicyclic) bond motifs is 2. The first kappa shape index (κ1) is 25.5. The van der Waals surface area contributed by atoms with Gasteiger partial charge in [0.2, 0.25) is 0 Å². The van der Waals surface area contributed by atoms with E-state index in [4.69, 9.17) is 4.74 Å². The van der Waals surface area contributed by atoms with Crippen LogP contribution in [-0.4, -0.2) is 0 Å². The summed E-state index contributed by atoms with van der Waals surface area (Å²) in [4.78, 5) is 4.56. The zero-order valence-corrected chi connectivity index (χ0v) is 23.1. The standard InChI is InChI=1S/C37H29NOS/c1-3-4-6-12-27(2)38(31-23-19-29(20-24-31)28-13-7-5-8-14-28)32-25-21-30(22-26-32)33-15-11-17-35-37(33)40-36-18-10-9-16-34(36)39-35/h3-26H,1H2,2H3/b6-4-,27-12+. The second-order valence-corrected chi connectivity index (χ2v) is 10.6. The highest BCUT2D eigenvalue weighted by Gasteiger charge is 2.21. The Hall–Kier alpha value is -4.73. The number of rotatable bonds is 7. The summed E-state index contributed by atoms with van der Waals surface area (Å²) in [6.07, 6.45) is 7.87. The Morgan fingerprint density at radius 1 is 0.650 bits per heavy atom. The van der Waals surface area contributed by atoms with Crippen molar-refractivity contribution in [1.82, 2.24) is 0 Å². The molecule has 1 aliphatic heterocycles. The fraction of sp³-hybridized carbons (Fsp3) is 0.0270. The molecule has 1 aliphatic rings. The lowest BCUT2D eigenvalue weighted by Gasteiger charge is -2.26. The largest absolute Gasteiger partial charge is 0.455 e.